The maximum Gasteiger partial charge on any atom is 0.407 e. The van der Waals surface area contributed by atoms with Crippen molar-refractivity contribution in [1.29, 1.82) is 0 Å². The summed E-state index contributed by atoms with van der Waals surface area (Å²) in [4.78, 5) is 39.1. The molecule has 0 aromatic heterocycles. The first-order chi connectivity index (χ1) is 13.6. The number of aliphatic hydroxyl groups excluding tert-OH is 3. The SMILES string of the molecule is CC1CN(C(=O)O)CCN(C(=O)O)CCN(C(=O)O)CCN1C(CO)C(O)CO. The second-order valence-corrected chi connectivity index (χ2v) is 6.85. The molecule has 1 fully saturated rings. The molecule has 168 valence electrons. The number of carboxylic acid groups (broad SMARTS) is 3. The van der Waals surface area contributed by atoms with Crippen LogP contribution in [0, 0.1) is 0 Å². The Labute approximate surface area is 167 Å². The Kier molecular flexibility index (Phi) is 9.88. The van der Waals surface area contributed by atoms with E-state index in [0.717, 1.165) is 14.7 Å². The second-order valence-electron chi connectivity index (χ2n) is 6.85. The lowest BCUT2D eigenvalue weighted by Gasteiger charge is -2.40. The Morgan fingerprint density at radius 1 is 0.793 bits per heavy atom. The highest BCUT2D eigenvalue weighted by Crippen LogP contribution is 2.13. The minimum absolute atomic E-state index is 0.0380. The minimum atomic E-state index is -1.31. The van der Waals surface area contributed by atoms with Crippen LogP contribution in [0.4, 0.5) is 14.4 Å². The fourth-order valence-electron chi connectivity index (χ4n) is 3.30. The molecule has 1 rings (SSSR count). The zero-order chi connectivity index (χ0) is 22.1. The van der Waals surface area contributed by atoms with Crippen molar-refractivity contribution in [2.75, 3.05) is 59.0 Å². The lowest BCUT2D eigenvalue weighted by Crippen LogP contribution is -2.57. The average molecular weight is 422 g/mol. The summed E-state index contributed by atoms with van der Waals surface area (Å²) >= 11 is 0. The van der Waals surface area contributed by atoms with E-state index < -0.39 is 49.7 Å². The molecule has 3 unspecified atom stereocenters. The summed E-state index contributed by atoms with van der Waals surface area (Å²) in [6, 6.07) is -1.49. The van der Waals surface area contributed by atoms with Crippen molar-refractivity contribution in [3.05, 3.63) is 0 Å². The fourth-order valence-corrected chi connectivity index (χ4v) is 3.30. The molecule has 13 heteroatoms. The molecule has 0 spiro atoms. The molecule has 6 N–H and O–H groups in total. The zero-order valence-corrected chi connectivity index (χ0v) is 16.3. The number of aliphatic hydroxyl groups is 3. The molecular formula is C16H30N4O9. The largest absolute Gasteiger partial charge is 0.465 e. The van der Waals surface area contributed by atoms with Gasteiger partial charge < -0.3 is 45.3 Å². The van der Waals surface area contributed by atoms with E-state index in [9.17, 15) is 45.0 Å². The Hall–Kier alpha value is -2.35. The summed E-state index contributed by atoms with van der Waals surface area (Å²) in [6.45, 7) is -0.114. The molecule has 3 amide bonds. The van der Waals surface area contributed by atoms with Crippen LogP contribution >= 0.6 is 0 Å². The molecule has 3 atom stereocenters. The molecule has 0 aromatic rings. The summed E-state index contributed by atoms with van der Waals surface area (Å²) < 4.78 is 0. The van der Waals surface area contributed by atoms with Gasteiger partial charge in [0.05, 0.1) is 25.4 Å². The molecule has 0 aromatic carbocycles. The van der Waals surface area contributed by atoms with Gasteiger partial charge in [-0.15, -0.1) is 0 Å². The second kappa shape index (κ2) is 11.6. The highest BCUT2D eigenvalue weighted by molar-refractivity contribution is 5.67. The summed E-state index contributed by atoms with van der Waals surface area (Å²) in [6.07, 6.45) is -5.10. The molecule has 0 aliphatic carbocycles. The number of rotatable bonds is 4. The number of nitrogens with zero attached hydrogens (tertiary/aromatic N) is 4. The minimum Gasteiger partial charge on any atom is -0.465 e. The van der Waals surface area contributed by atoms with Crippen LogP contribution in [0.15, 0.2) is 0 Å². The first kappa shape index (κ1) is 24.7. The highest BCUT2D eigenvalue weighted by atomic mass is 16.4. The first-order valence-electron chi connectivity index (χ1n) is 9.21. The molecule has 1 aliphatic heterocycles. The van der Waals surface area contributed by atoms with E-state index in [1.165, 1.54) is 0 Å². The standard InChI is InChI=1S/C16H30N4O9/c1-11-8-19(16(28)29)5-4-17(14(24)25)2-3-18(15(26)27)6-7-20(11)12(9-21)13(23)10-22/h11-13,21-23H,2-10H2,1H3,(H,24,25)(H,26,27)(H,28,29). The summed E-state index contributed by atoms with van der Waals surface area (Å²) in [5, 5.41) is 57.1. The average Bonchev–Trinajstić information content (AvgIpc) is 2.65. The van der Waals surface area contributed by atoms with Crippen LogP contribution in [0.2, 0.25) is 0 Å². The first-order valence-corrected chi connectivity index (χ1v) is 9.21. The third kappa shape index (κ3) is 7.20. The van der Waals surface area contributed by atoms with Gasteiger partial charge in [0.15, 0.2) is 0 Å². The smallest absolute Gasteiger partial charge is 0.407 e. The normalized spacial score (nSPS) is 22.3. The van der Waals surface area contributed by atoms with Crippen LogP contribution < -0.4 is 0 Å². The van der Waals surface area contributed by atoms with Gasteiger partial charge >= 0.3 is 18.3 Å². The molecule has 1 saturated heterocycles. The summed E-state index contributed by atoms with van der Waals surface area (Å²) in [5.74, 6) is 0. The molecule has 0 radical (unpaired) electrons. The van der Waals surface area contributed by atoms with Gasteiger partial charge in [-0.05, 0) is 6.92 Å². The van der Waals surface area contributed by atoms with E-state index in [2.05, 4.69) is 0 Å². The summed E-state index contributed by atoms with van der Waals surface area (Å²) in [5.41, 5.74) is 0. The van der Waals surface area contributed by atoms with Gasteiger partial charge in [0.1, 0.15) is 0 Å². The van der Waals surface area contributed by atoms with Crippen molar-refractivity contribution in [2.45, 2.75) is 25.1 Å². The molecule has 0 bridgehead atoms. The maximum atomic E-state index is 11.6. The molecule has 1 heterocycles. The number of hydrogen-bond acceptors (Lipinski definition) is 7. The highest BCUT2D eigenvalue weighted by Gasteiger charge is 2.32. The summed E-state index contributed by atoms with van der Waals surface area (Å²) in [7, 11) is 0. The van der Waals surface area contributed by atoms with E-state index >= 15 is 0 Å². The van der Waals surface area contributed by atoms with Crippen LogP contribution in [0.3, 0.4) is 0 Å². The van der Waals surface area contributed by atoms with Crippen molar-refractivity contribution >= 4 is 18.3 Å². The van der Waals surface area contributed by atoms with Crippen LogP contribution in [0.1, 0.15) is 6.92 Å². The molecule has 13 nitrogen and oxygen atoms in total. The Bertz CT molecular complexity index is 565. The lowest BCUT2D eigenvalue weighted by molar-refractivity contribution is -0.0343. The van der Waals surface area contributed by atoms with Crippen LogP contribution in [0.25, 0.3) is 0 Å². The van der Waals surface area contributed by atoms with Gasteiger partial charge in [0, 0.05) is 51.9 Å². The quantitative estimate of drug-likeness (QED) is 0.306. The topological polar surface area (TPSA) is 186 Å². The van der Waals surface area contributed by atoms with Crippen molar-refractivity contribution in [3.63, 3.8) is 0 Å². The van der Waals surface area contributed by atoms with Gasteiger partial charge in [0.25, 0.3) is 0 Å². The van der Waals surface area contributed by atoms with E-state index in [1.54, 1.807) is 11.8 Å². The lowest BCUT2D eigenvalue weighted by atomic mass is 10.1. The van der Waals surface area contributed by atoms with E-state index in [1.807, 2.05) is 0 Å². The van der Waals surface area contributed by atoms with Crippen molar-refractivity contribution in [2.24, 2.45) is 0 Å². The van der Waals surface area contributed by atoms with Crippen molar-refractivity contribution in [1.82, 2.24) is 19.6 Å². The van der Waals surface area contributed by atoms with Gasteiger partial charge in [-0.1, -0.05) is 0 Å². The van der Waals surface area contributed by atoms with Crippen molar-refractivity contribution in [3.8, 4) is 0 Å². The number of carbonyl (C=O) groups is 3. The third-order valence-electron chi connectivity index (χ3n) is 5.01. The van der Waals surface area contributed by atoms with E-state index in [4.69, 9.17) is 0 Å². The Balaban J connectivity index is 3.17. The van der Waals surface area contributed by atoms with Gasteiger partial charge in [0.2, 0.25) is 0 Å². The van der Waals surface area contributed by atoms with Gasteiger partial charge in [-0.25, -0.2) is 14.4 Å². The monoisotopic (exact) mass is 422 g/mol. The molecule has 0 saturated carbocycles. The van der Waals surface area contributed by atoms with E-state index in [0.29, 0.717) is 0 Å². The van der Waals surface area contributed by atoms with E-state index in [-0.39, 0.29) is 45.8 Å². The predicted octanol–water partition coefficient (Wildman–Crippen LogP) is -1.66. The fraction of sp³-hybridized carbons (Fsp3) is 0.812. The maximum absolute atomic E-state index is 11.6. The van der Waals surface area contributed by atoms with Gasteiger partial charge in [-0.2, -0.15) is 0 Å². The molecule has 1 aliphatic rings. The Morgan fingerprint density at radius 2 is 1.21 bits per heavy atom. The third-order valence-corrected chi connectivity index (χ3v) is 5.01. The van der Waals surface area contributed by atoms with Crippen molar-refractivity contribution < 1.29 is 45.0 Å². The van der Waals surface area contributed by atoms with Gasteiger partial charge in [-0.3, -0.25) is 4.90 Å². The predicted molar refractivity (Wildman–Crippen MR) is 98.9 cm³/mol. The zero-order valence-electron chi connectivity index (χ0n) is 16.3. The Morgan fingerprint density at radius 3 is 1.59 bits per heavy atom. The van der Waals surface area contributed by atoms with Crippen LogP contribution in [0.5, 0.6) is 0 Å². The molecular weight excluding hydrogens is 392 g/mol. The van der Waals surface area contributed by atoms with Crippen LogP contribution in [-0.4, -0.2) is 146 Å². The number of amides is 3. The molecule has 29 heavy (non-hydrogen) atoms. The van der Waals surface area contributed by atoms with Crippen LogP contribution in [-0.2, 0) is 0 Å². The number of hydrogen-bond donors (Lipinski definition) is 6.